The summed E-state index contributed by atoms with van der Waals surface area (Å²) in [6.45, 7) is 0. The number of aromatic nitrogens is 3. The van der Waals surface area contributed by atoms with E-state index in [4.69, 9.17) is 0 Å². The van der Waals surface area contributed by atoms with Gasteiger partial charge in [0.15, 0.2) is 0 Å². The molecule has 0 atom stereocenters. The van der Waals surface area contributed by atoms with Crippen molar-refractivity contribution in [3.05, 3.63) is 42.8 Å². The number of ether oxygens (including phenoxy) is 1. The molecular formula is C11H11N3O5. The van der Waals surface area contributed by atoms with Gasteiger partial charge in [0, 0.05) is 20.3 Å². The second kappa shape index (κ2) is 4.23. The Labute approximate surface area is 105 Å². The highest BCUT2D eigenvalue weighted by Gasteiger charge is 2.18. The highest BCUT2D eigenvalue weighted by Crippen LogP contribution is 2.01. The zero-order valence-electron chi connectivity index (χ0n) is 10.5. The quantitative estimate of drug-likeness (QED) is 0.646. The normalized spacial score (nSPS) is 10.7. The van der Waals surface area contributed by atoms with Crippen LogP contribution in [0, 0.1) is 0 Å². The number of H-pyrrole nitrogens is 1. The minimum atomic E-state index is -0.848. The van der Waals surface area contributed by atoms with Crippen LogP contribution in [0.3, 0.4) is 0 Å². The van der Waals surface area contributed by atoms with Gasteiger partial charge >= 0.3 is 11.7 Å². The van der Waals surface area contributed by atoms with Gasteiger partial charge in [-0.05, 0) is 0 Å². The predicted octanol–water partition coefficient (Wildman–Crippen LogP) is -1.29. The smallest absolute Gasteiger partial charge is 0.343 e. The van der Waals surface area contributed by atoms with Gasteiger partial charge in [0.05, 0.1) is 7.11 Å². The minimum Gasteiger partial charge on any atom is -0.465 e. The molecule has 0 spiro atoms. The van der Waals surface area contributed by atoms with Crippen LogP contribution in [0.4, 0.5) is 0 Å². The van der Waals surface area contributed by atoms with Crippen LogP contribution in [0.5, 0.6) is 0 Å². The Morgan fingerprint density at radius 1 is 1.21 bits per heavy atom. The molecule has 0 bridgehead atoms. The van der Waals surface area contributed by atoms with Crippen molar-refractivity contribution in [2.45, 2.75) is 0 Å². The van der Waals surface area contributed by atoms with Gasteiger partial charge in [-0.2, -0.15) is 0 Å². The molecule has 0 aliphatic carbocycles. The summed E-state index contributed by atoms with van der Waals surface area (Å²) in [4.78, 5) is 49.8. The third kappa shape index (κ3) is 1.68. The number of nitrogens with zero attached hydrogens (tertiary/aromatic N) is 2. The number of hydrogen-bond acceptors (Lipinski definition) is 5. The van der Waals surface area contributed by atoms with Crippen LogP contribution in [0.25, 0.3) is 11.0 Å². The molecule has 0 saturated carbocycles. The second-order valence-electron chi connectivity index (χ2n) is 3.95. The van der Waals surface area contributed by atoms with E-state index in [0.29, 0.717) is 0 Å². The number of hydrogen-bond donors (Lipinski definition) is 1. The van der Waals surface area contributed by atoms with Gasteiger partial charge in [-0.15, -0.1) is 0 Å². The van der Waals surface area contributed by atoms with Gasteiger partial charge in [0.1, 0.15) is 16.6 Å². The molecule has 0 aliphatic rings. The summed E-state index contributed by atoms with van der Waals surface area (Å²) in [6.07, 6.45) is 1.12. The number of esters is 1. The van der Waals surface area contributed by atoms with Crippen molar-refractivity contribution in [3.8, 4) is 0 Å². The lowest BCUT2D eigenvalue weighted by Gasteiger charge is -2.07. The van der Waals surface area contributed by atoms with Gasteiger partial charge < -0.3 is 9.72 Å². The van der Waals surface area contributed by atoms with Crippen molar-refractivity contribution in [1.29, 1.82) is 0 Å². The number of fused-ring (bicyclic) bond motifs is 1. The van der Waals surface area contributed by atoms with E-state index >= 15 is 0 Å². The van der Waals surface area contributed by atoms with E-state index in [-0.39, 0.29) is 16.6 Å². The van der Waals surface area contributed by atoms with Crippen LogP contribution in [-0.4, -0.2) is 27.2 Å². The summed E-state index contributed by atoms with van der Waals surface area (Å²) < 4.78 is 6.38. The molecule has 2 rings (SSSR count). The third-order valence-corrected chi connectivity index (χ3v) is 2.89. The lowest BCUT2D eigenvalue weighted by atomic mass is 10.2. The molecule has 19 heavy (non-hydrogen) atoms. The number of methoxy groups -OCH3 is 1. The first-order chi connectivity index (χ1) is 8.90. The zero-order chi connectivity index (χ0) is 14.3. The lowest BCUT2D eigenvalue weighted by Crippen LogP contribution is -2.40. The van der Waals surface area contributed by atoms with Gasteiger partial charge in [-0.25, -0.2) is 9.59 Å². The molecule has 2 aromatic rings. The number of carbonyl (C=O) groups excluding carboxylic acids is 1. The van der Waals surface area contributed by atoms with E-state index < -0.39 is 22.6 Å². The van der Waals surface area contributed by atoms with E-state index in [1.54, 1.807) is 0 Å². The first kappa shape index (κ1) is 12.8. The van der Waals surface area contributed by atoms with Gasteiger partial charge in [0.2, 0.25) is 5.43 Å². The molecule has 0 aromatic carbocycles. The second-order valence-corrected chi connectivity index (χ2v) is 3.95. The Balaban J connectivity index is 3.08. The third-order valence-electron chi connectivity index (χ3n) is 2.89. The summed E-state index contributed by atoms with van der Waals surface area (Å²) in [5.41, 5.74) is -2.32. The molecule has 2 heterocycles. The van der Waals surface area contributed by atoms with Gasteiger partial charge in [-0.3, -0.25) is 18.7 Å². The standard InChI is InChI=1S/C11H11N3O5/c1-13-8-6(9(16)14(2)11(13)18)7(15)5(4-12-8)10(17)19-3/h4H,1-3H3,(H,12,15). The van der Waals surface area contributed by atoms with Crippen LogP contribution >= 0.6 is 0 Å². The van der Waals surface area contributed by atoms with Crippen LogP contribution < -0.4 is 16.7 Å². The minimum absolute atomic E-state index is 0.0609. The van der Waals surface area contributed by atoms with E-state index in [2.05, 4.69) is 9.72 Å². The number of nitrogens with one attached hydrogen (secondary N) is 1. The Hall–Kier alpha value is -2.64. The van der Waals surface area contributed by atoms with Crippen molar-refractivity contribution >= 4 is 17.0 Å². The summed E-state index contributed by atoms with van der Waals surface area (Å²) in [6, 6.07) is 0. The van der Waals surface area contributed by atoms with Crippen LogP contribution in [0.1, 0.15) is 10.4 Å². The highest BCUT2D eigenvalue weighted by atomic mass is 16.5. The average molecular weight is 265 g/mol. The molecule has 0 fully saturated rings. The maximum absolute atomic E-state index is 12.1. The average Bonchev–Trinajstić information content (AvgIpc) is 2.41. The van der Waals surface area contributed by atoms with Crippen LogP contribution in [-0.2, 0) is 18.8 Å². The highest BCUT2D eigenvalue weighted by molar-refractivity contribution is 5.92. The SMILES string of the molecule is COC(=O)c1c[nH]c2c(c1=O)c(=O)n(C)c(=O)n2C. The van der Waals surface area contributed by atoms with Crippen molar-refractivity contribution in [1.82, 2.24) is 14.1 Å². The fourth-order valence-corrected chi connectivity index (χ4v) is 1.82. The number of carbonyl (C=O) groups is 1. The molecule has 2 aromatic heterocycles. The van der Waals surface area contributed by atoms with E-state index in [1.807, 2.05) is 0 Å². The number of aromatic amines is 1. The predicted molar refractivity (Wildman–Crippen MR) is 66.4 cm³/mol. The molecule has 0 radical (unpaired) electrons. The van der Waals surface area contributed by atoms with Crippen LogP contribution in [0.15, 0.2) is 20.6 Å². The molecule has 100 valence electrons. The Morgan fingerprint density at radius 2 is 1.84 bits per heavy atom. The van der Waals surface area contributed by atoms with Crippen molar-refractivity contribution in [2.24, 2.45) is 14.1 Å². The van der Waals surface area contributed by atoms with Gasteiger partial charge in [-0.1, -0.05) is 0 Å². The van der Waals surface area contributed by atoms with Crippen molar-refractivity contribution in [3.63, 3.8) is 0 Å². The molecule has 0 aliphatic heterocycles. The Morgan fingerprint density at radius 3 is 2.42 bits per heavy atom. The maximum atomic E-state index is 12.1. The summed E-state index contributed by atoms with van der Waals surface area (Å²) in [5.74, 6) is -0.848. The molecule has 1 N–H and O–H groups in total. The van der Waals surface area contributed by atoms with E-state index in [0.717, 1.165) is 22.4 Å². The fraction of sp³-hybridized carbons (Fsp3) is 0.273. The van der Waals surface area contributed by atoms with Crippen molar-refractivity contribution in [2.75, 3.05) is 7.11 Å². The number of pyridine rings is 1. The van der Waals surface area contributed by atoms with Gasteiger partial charge in [0.25, 0.3) is 5.56 Å². The Kier molecular flexibility index (Phi) is 2.85. The first-order valence-electron chi connectivity index (χ1n) is 5.30. The number of rotatable bonds is 1. The molecule has 0 unspecified atom stereocenters. The lowest BCUT2D eigenvalue weighted by molar-refractivity contribution is 0.0599. The molecule has 8 heteroatoms. The number of aryl methyl sites for hydroxylation is 1. The molecule has 0 amide bonds. The molecular weight excluding hydrogens is 254 g/mol. The largest absolute Gasteiger partial charge is 0.465 e. The Bertz CT molecular complexity index is 855. The maximum Gasteiger partial charge on any atom is 0.343 e. The van der Waals surface area contributed by atoms with Crippen LogP contribution in [0.2, 0.25) is 0 Å². The summed E-state index contributed by atoms with van der Waals surface area (Å²) >= 11 is 0. The topological polar surface area (TPSA) is 103 Å². The first-order valence-corrected chi connectivity index (χ1v) is 5.30. The van der Waals surface area contributed by atoms with E-state index in [9.17, 15) is 19.2 Å². The summed E-state index contributed by atoms with van der Waals surface area (Å²) in [7, 11) is 3.80. The fourth-order valence-electron chi connectivity index (χ4n) is 1.82. The van der Waals surface area contributed by atoms with E-state index in [1.165, 1.54) is 14.1 Å². The summed E-state index contributed by atoms with van der Waals surface area (Å²) in [5, 5.41) is -0.257. The monoisotopic (exact) mass is 265 g/mol. The molecule has 0 saturated heterocycles. The zero-order valence-corrected chi connectivity index (χ0v) is 10.5. The molecule has 8 nitrogen and oxygen atoms in total. The van der Waals surface area contributed by atoms with Crippen molar-refractivity contribution < 1.29 is 9.53 Å².